The fraction of sp³-hybridized carbons (Fsp3) is 0.100. The minimum atomic E-state index is -0.754. The lowest BCUT2D eigenvalue weighted by Crippen LogP contribution is -2.21. The predicted octanol–water partition coefficient (Wildman–Crippen LogP) is 0.347. The van der Waals surface area contributed by atoms with Crippen molar-refractivity contribution in [2.45, 2.75) is 0 Å². The third kappa shape index (κ3) is 1.60. The number of esters is 1. The Hall–Kier alpha value is -2.37. The largest absolute Gasteiger partial charge is 0.464 e. The van der Waals surface area contributed by atoms with E-state index in [1.165, 1.54) is 11.8 Å². The number of benzene rings is 1. The molecule has 16 heavy (non-hydrogen) atoms. The Bertz CT molecular complexity index is 556. The van der Waals surface area contributed by atoms with Crippen LogP contribution in [-0.4, -0.2) is 28.1 Å². The van der Waals surface area contributed by atoms with Crippen molar-refractivity contribution in [3.8, 4) is 5.69 Å². The number of aromatic nitrogens is 3. The first-order chi connectivity index (χ1) is 7.74. The van der Waals surface area contributed by atoms with Gasteiger partial charge in [-0.2, -0.15) is 0 Å². The van der Waals surface area contributed by atoms with E-state index in [9.17, 15) is 9.59 Å². The van der Waals surface area contributed by atoms with Crippen molar-refractivity contribution in [2.75, 3.05) is 7.11 Å². The summed E-state index contributed by atoms with van der Waals surface area (Å²) in [6.07, 6.45) is 0. The van der Waals surface area contributed by atoms with Crippen molar-refractivity contribution in [3.63, 3.8) is 0 Å². The molecule has 0 saturated heterocycles. The lowest BCUT2D eigenvalue weighted by Gasteiger charge is -1.97. The number of ether oxygens (including phenoxy) is 1. The molecule has 0 fully saturated rings. The van der Waals surface area contributed by atoms with Crippen molar-refractivity contribution in [3.05, 3.63) is 46.4 Å². The van der Waals surface area contributed by atoms with Gasteiger partial charge in [-0.05, 0) is 12.1 Å². The van der Waals surface area contributed by atoms with Crippen molar-refractivity contribution < 1.29 is 9.53 Å². The zero-order valence-electron chi connectivity index (χ0n) is 8.51. The van der Waals surface area contributed by atoms with Gasteiger partial charge >= 0.3 is 11.5 Å². The average Bonchev–Trinajstić information content (AvgIpc) is 2.71. The molecule has 0 spiro atoms. The molecule has 1 heterocycles. The van der Waals surface area contributed by atoms with Crippen LogP contribution in [0.1, 0.15) is 10.5 Å². The summed E-state index contributed by atoms with van der Waals surface area (Å²) in [4.78, 5) is 22.9. The molecule has 0 atom stereocenters. The van der Waals surface area contributed by atoms with Gasteiger partial charge in [0.05, 0.1) is 12.8 Å². The molecule has 6 nitrogen and oxygen atoms in total. The summed E-state index contributed by atoms with van der Waals surface area (Å²) >= 11 is 0. The minimum absolute atomic E-state index is 0.258. The minimum Gasteiger partial charge on any atom is -0.464 e. The number of aromatic amines is 1. The Labute approximate surface area is 90.5 Å². The van der Waals surface area contributed by atoms with Crippen molar-refractivity contribution >= 4 is 5.97 Å². The van der Waals surface area contributed by atoms with Gasteiger partial charge in [-0.1, -0.05) is 18.2 Å². The van der Waals surface area contributed by atoms with Gasteiger partial charge in [0.1, 0.15) is 0 Å². The Balaban J connectivity index is 2.50. The van der Waals surface area contributed by atoms with Crippen LogP contribution in [0.25, 0.3) is 5.69 Å². The number of methoxy groups -OCH3 is 1. The topological polar surface area (TPSA) is 77.0 Å². The van der Waals surface area contributed by atoms with Crippen LogP contribution in [0.4, 0.5) is 0 Å². The van der Waals surface area contributed by atoms with Crippen LogP contribution in [0.15, 0.2) is 35.1 Å². The maximum Gasteiger partial charge on any atom is 0.364 e. The van der Waals surface area contributed by atoms with Gasteiger partial charge in [0.2, 0.25) is 5.69 Å². The van der Waals surface area contributed by atoms with E-state index in [4.69, 9.17) is 0 Å². The van der Waals surface area contributed by atoms with E-state index in [-0.39, 0.29) is 5.69 Å². The highest BCUT2D eigenvalue weighted by atomic mass is 16.5. The number of hydrogen-bond acceptors (Lipinski definition) is 4. The number of hydrogen-bond donors (Lipinski definition) is 1. The van der Waals surface area contributed by atoms with Crippen LogP contribution >= 0.6 is 0 Å². The second-order valence-corrected chi connectivity index (χ2v) is 3.03. The fourth-order valence-electron chi connectivity index (χ4n) is 1.28. The highest BCUT2D eigenvalue weighted by molar-refractivity contribution is 5.86. The van der Waals surface area contributed by atoms with Crippen LogP contribution in [-0.2, 0) is 4.74 Å². The molecule has 0 aliphatic heterocycles. The number of carbonyl (C=O) groups is 1. The smallest absolute Gasteiger partial charge is 0.364 e. The molecular weight excluding hydrogens is 210 g/mol. The van der Waals surface area contributed by atoms with E-state index < -0.39 is 11.5 Å². The Morgan fingerprint density at radius 3 is 2.69 bits per heavy atom. The van der Waals surface area contributed by atoms with E-state index in [2.05, 4.69) is 15.0 Å². The number of carbonyl (C=O) groups excluding carboxylic acids is 1. The quantitative estimate of drug-likeness (QED) is 0.739. The molecule has 0 aliphatic rings. The molecule has 0 saturated carbocycles. The summed E-state index contributed by atoms with van der Waals surface area (Å²) in [5.41, 5.74) is -0.181. The van der Waals surface area contributed by atoms with Gasteiger partial charge in [0, 0.05) is 0 Å². The van der Waals surface area contributed by atoms with Crippen LogP contribution in [0.5, 0.6) is 0 Å². The molecule has 0 radical (unpaired) electrons. The predicted molar refractivity (Wildman–Crippen MR) is 55.5 cm³/mol. The van der Waals surface area contributed by atoms with Crippen LogP contribution in [0.2, 0.25) is 0 Å². The third-order valence-corrected chi connectivity index (χ3v) is 2.06. The molecule has 1 N–H and O–H groups in total. The average molecular weight is 219 g/mol. The summed E-state index contributed by atoms with van der Waals surface area (Å²) in [6.45, 7) is 0. The molecule has 2 aromatic rings. The second-order valence-electron chi connectivity index (χ2n) is 3.03. The van der Waals surface area contributed by atoms with Gasteiger partial charge < -0.3 is 4.74 Å². The number of para-hydroxylation sites is 1. The van der Waals surface area contributed by atoms with E-state index in [0.29, 0.717) is 5.69 Å². The Morgan fingerprint density at radius 1 is 1.38 bits per heavy atom. The molecule has 0 unspecified atom stereocenters. The standard InChI is InChI=1S/C10H9N3O3/c1-16-10(15)8-9(14)13(12-11-8)7-5-3-2-4-6-7/h2-6,12H,1H3. The van der Waals surface area contributed by atoms with Gasteiger partial charge in [-0.3, -0.25) is 4.79 Å². The maximum atomic E-state index is 11.7. The Morgan fingerprint density at radius 2 is 2.06 bits per heavy atom. The summed E-state index contributed by atoms with van der Waals surface area (Å²) < 4.78 is 5.60. The van der Waals surface area contributed by atoms with Gasteiger partial charge in [0.15, 0.2) is 0 Å². The monoisotopic (exact) mass is 219 g/mol. The van der Waals surface area contributed by atoms with E-state index in [1.807, 2.05) is 6.07 Å². The lowest BCUT2D eigenvalue weighted by atomic mass is 10.3. The lowest BCUT2D eigenvalue weighted by molar-refractivity contribution is 0.0592. The maximum absolute atomic E-state index is 11.7. The molecule has 1 aromatic carbocycles. The summed E-state index contributed by atoms with van der Waals surface area (Å²) in [7, 11) is 1.20. The summed E-state index contributed by atoms with van der Waals surface area (Å²) in [5.74, 6) is -0.754. The molecule has 82 valence electrons. The first kappa shape index (κ1) is 10.2. The van der Waals surface area contributed by atoms with Crippen LogP contribution < -0.4 is 5.56 Å². The number of nitrogens with one attached hydrogen (secondary N) is 1. The molecule has 6 heteroatoms. The molecule has 0 aliphatic carbocycles. The molecule has 2 rings (SSSR count). The summed E-state index contributed by atoms with van der Waals surface area (Å²) in [6, 6.07) is 8.83. The summed E-state index contributed by atoms with van der Waals surface area (Å²) in [5, 5.41) is 6.07. The first-order valence-electron chi connectivity index (χ1n) is 4.55. The number of nitrogens with zero attached hydrogens (tertiary/aromatic N) is 2. The fourth-order valence-corrected chi connectivity index (χ4v) is 1.28. The van der Waals surface area contributed by atoms with Gasteiger partial charge in [-0.25, -0.2) is 14.7 Å². The number of H-pyrrole nitrogens is 1. The third-order valence-electron chi connectivity index (χ3n) is 2.06. The number of rotatable bonds is 2. The molecular formula is C10H9N3O3. The Kier molecular flexibility index (Phi) is 2.55. The first-order valence-corrected chi connectivity index (χ1v) is 4.55. The van der Waals surface area contributed by atoms with Crippen molar-refractivity contribution in [2.24, 2.45) is 0 Å². The van der Waals surface area contributed by atoms with E-state index in [0.717, 1.165) is 0 Å². The van der Waals surface area contributed by atoms with E-state index in [1.54, 1.807) is 24.3 Å². The van der Waals surface area contributed by atoms with Gasteiger partial charge in [-0.15, -0.1) is 5.10 Å². The highest BCUT2D eigenvalue weighted by Crippen LogP contribution is 2.01. The van der Waals surface area contributed by atoms with Crippen LogP contribution in [0.3, 0.4) is 0 Å². The molecule has 1 aromatic heterocycles. The zero-order chi connectivity index (χ0) is 11.5. The molecule has 0 bridgehead atoms. The van der Waals surface area contributed by atoms with Crippen LogP contribution in [0, 0.1) is 0 Å². The SMILES string of the molecule is COC(=O)c1n[nH]n(-c2ccccc2)c1=O. The molecule has 0 amide bonds. The highest BCUT2D eigenvalue weighted by Gasteiger charge is 2.17. The zero-order valence-corrected chi connectivity index (χ0v) is 8.51. The van der Waals surface area contributed by atoms with Crippen molar-refractivity contribution in [1.82, 2.24) is 15.0 Å². The normalized spacial score (nSPS) is 10.1. The van der Waals surface area contributed by atoms with Gasteiger partial charge in [0.25, 0.3) is 0 Å². The van der Waals surface area contributed by atoms with E-state index >= 15 is 0 Å². The second kappa shape index (κ2) is 4.01. The van der Waals surface area contributed by atoms with Crippen molar-refractivity contribution in [1.29, 1.82) is 0 Å².